The smallest absolute Gasteiger partial charge is 0.306 e. The highest BCUT2D eigenvalue weighted by Gasteiger charge is 2.39. The van der Waals surface area contributed by atoms with Crippen LogP contribution >= 0.6 is 0 Å². The first-order valence-corrected chi connectivity index (χ1v) is 3.74. The molecule has 0 radical (unpaired) electrons. The minimum absolute atomic E-state index is 0.420. The Hall–Kier alpha value is -1.07. The van der Waals surface area contributed by atoms with Crippen LogP contribution in [0.5, 0.6) is 0 Å². The summed E-state index contributed by atoms with van der Waals surface area (Å²) in [7, 11) is 0. The number of aliphatic hydroxyl groups is 1. The summed E-state index contributed by atoms with van der Waals surface area (Å²) in [6.07, 6.45) is 1.26. The molecule has 1 heterocycles. The molecule has 1 atom stereocenters. The Morgan fingerprint density at radius 3 is 2.69 bits per heavy atom. The maximum absolute atomic E-state index is 13.2. The molecular formula is C8H10F2N2O. The second-order valence-corrected chi connectivity index (χ2v) is 2.63. The summed E-state index contributed by atoms with van der Waals surface area (Å²) < 4.78 is 26.4. The topological polar surface area (TPSA) is 59.1 Å². The molecule has 0 bridgehead atoms. The van der Waals surface area contributed by atoms with Gasteiger partial charge in [0.05, 0.1) is 12.6 Å². The highest BCUT2D eigenvalue weighted by atomic mass is 19.3. The molecule has 1 aromatic heterocycles. The number of nitrogens with two attached hydrogens (primary N) is 1. The number of rotatable bonds is 3. The number of nitrogens with zero attached hydrogens (tertiary/aromatic N) is 1. The minimum Gasteiger partial charge on any atom is -0.395 e. The van der Waals surface area contributed by atoms with Crippen LogP contribution in [0.1, 0.15) is 5.69 Å². The largest absolute Gasteiger partial charge is 0.395 e. The van der Waals surface area contributed by atoms with Crippen molar-refractivity contribution in [1.82, 2.24) is 4.98 Å². The Bertz CT molecular complexity index is 266. The van der Waals surface area contributed by atoms with Gasteiger partial charge in [0, 0.05) is 6.20 Å². The summed E-state index contributed by atoms with van der Waals surface area (Å²) in [5.41, 5.74) is 4.62. The van der Waals surface area contributed by atoms with Gasteiger partial charge in [-0.2, -0.15) is 8.78 Å². The normalized spacial score (nSPS) is 14.2. The van der Waals surface area contributed by atoms with Gasteiger partial charge in [-0.15, -0.1) is 0 Å². The Labute approximate surface area is 74.2 Å². The van der Waals surface area contributed by atoms with E-state index in [1.807, 2.05) is 0 Å². The monoisotopic (exact) mass is 188 g/mol. The molecule has 0 saturated carbocycles. The van der Waals surface area contributed by atoms with Crippen molar-refractivity contribution in [1.29, 1.82) is 0 Å². The van der Waals surface area contributed by atoms with Gasteiger partial charge in [-0.1, -0.05) is 6.07 Å². The van der Waals surface area contributed by atoms with E-state index in [0.717, 1.165) is 0 Å². The molecule has 0 saturated heterocycles. The number of aliphatic hydroxyl groups excluding tert-OH is 1. The summed E-state index contributed by atoms with van der Waals surface area (Å²) in [4.78, 5) is 3.48. The zero-order chi connectivity index (χ0) is 9.90. The Kier molecular flexibility index (Phi) is 2.90. The third kappa shape index (κ3) is 1.99. The number of alkyl halides is 2. The number of aromatic nitrogens is 1. The van der Waals surface area contributed by atoms with Crippen molar-refractivity contribution in [2.45, 2.75) is 12.0 Å². The molecule has 0 aliphatic carbocycles. The lowest BCUT2D eigenvalue weighted by atomic mass is 10.1. The predicted octanol–water partition coefficient (Wildman–Crippen LogP) is 0.493. The van der Waals surface area contributed by atoms with Crippen LogP contribution in [0.4, 0.5) is 8.78 Å². The van der Waals surface area contributed by atoms with Crippen LogP contribution in [0.25, 0.3) is 0 Å². The van der Waals surface area contributed by atoms with Crippen molar-refractivity contribution in [2.75, 3.05) is 6.61 Å². The third-order valence-corrected chi connectivity index (χ3v) is 1.67. The summed E-state index contributed by atoms with van der Waals surface area (Å²) >= 11 is 0. The van der Waals surface area contributed by atoms with Crippen LogP contribution in [-0.2, 0) is 5.92 Å². The van der Waals surface area contributed by atoms with Crippen molar-refractivity contribution < 1.29 is 13.9 Å². The lowest BCUT2D eigenvalue weighted by Gasteiger charge is -2.20. The van der Waals surface area contributed by atoms with Gasteiger partial charge in [-0.05, 0) is 12.1 Å². The zero-order valence-corrected chi connectivity index (χ0v) is 6.82. The molecule has 1 unspecified atom stereocenters. The van der Waals surface area contributed by atoms with E-state index in [1.54, 1.807) is 0 Å². The van der Waals surface area contributed by atoms with Gasteiger partial charge in [0.25, 0.3) is 0 Å². The van der Waals surface area contributed by atoms with E-state index in [4.69, 9.17) is 10.8 Å². The molecule has 0 spiro atoms. The van der Waals surface area contributed by atoms with E-state index in [9.17, 15) is 8.78 Å². The van der Waals surface area contributed by atoms with E-state index < -0.39 is 24.3 Å². The van der Waals surface area contributed by atoms with Crippen LogP contribution in [0.15, 0.2) is 24.4 Å². The van der Waals surface area contributed by atoms with Crippen LogP contribution in [-0.4, -0.2) is 22.7 Å². The van der Waals surface area contributed by atoms with Gasteiger partial charge < -0.3 is 10.8 Å². The van der Waals surface area contributed by atoms with Gasteiger partial charge in [-0.3, -0.25) is 4.98 Å². The van der Waals surface area contributed by atoms with Gasteiger partial charge in [0.15, 0.2) is 0 Å². The van der Waals surface area contributed by atoms with E-state index in [1.165, 1.54) is 24.4 Å². The molecule has 1 rings (SSSR count). The molecule has 0 aliphatic heterocycles. The van der Waals surface area contributed by atoms with Crippen LogP contribution in [0.2, 0.25) is 0 Å². The maximum atomic E-state index is 13.2. The first-order chi connectivity index (χ1) is 6.09. The Morgan fingerprint density at radius 1 is 1.54 bits per heavy atom. The number of pyridine rings is 1. The van der Waals surface area contributed by atoms with Gasteiger partial charge in [-0.25, -0.2) is 0 Å². The van der Waals surface area contributed by atoms with Crippen molar-refractivity contribution in [3.8, 4) is 0 Å². The molecular weight excluding hydrogens is 178 g/mol. The van der Waals surface area contributed by atoms with Crippen LogP contribution in [0.3, 0.4) is 0 Å². The van der Waals surface area contributed by atoms with Crippen molar-refractivity contribution in [2.24, 2.45) is 5.73 Å². The molecule has 72 valence electrons. The Morgan fingerprint density at radius 2 is 2.23 bits per heavy atom. The first-order valence-electron chi connectivity index (χ1n) is 3.74. The fraction of sp³-hybridized carbons (Fsp3) is 0.375. The van der Waals surface area contributed by atoms with E-state index in [2.05, 4.69) is 4.98 Å². The fourth-order valence-corrected chi connectivity index (χ4v) is 0.865. The van der Waals surface area contributed by atoms with Crippen molar-refractivity contribution in [3.05, 3.63) is 30.1 Å². The third-order valence-electron chi connectivity index (χ3n) is 1.67. The average molecular weight is 188 g/mol. The molecule has 0 aliphatic rings. The number of hydrogen-bond acceptors (Lipinski definition) is 3. The van der Waals surface area contributed by atoms with Crippen LogP contribution < -0.4 is 5.73 Å². The quantitative estimate of drug-likeness (QED) is 0.725. The molecule has 3 N–H and O–H groups in total. The van der Waals surface area contributed by atoms with Gasteiger partial charge >= 0.3 is 5.92 Å². The van der Waals surface area contributed by atoms with Crippen LogP contribution in [0, 0.1) is 0 Å². The fourth-order valence-electron chi connectivity index (χ4n) is 0.865. The average Bonchev–Trinajstić information content (AvgIpc) is 2.18. The second-order valence-electron chi connectivity index (χ2n) is 2.63. The lowest BCUT2D eigenvalue weighted by molar-refractivity contribution is -0.0501. The zero-order valence-electron chi connectivity index (χ0n) is 6.82. The second kappa shape index (κ2) is 3.76. The van der Waals surface area contributed by atoms with Crippen molar-refractivity contribution in [3.63, 3.8) is 0 Å². The summed E-state index contributed by atoms with van der Waals surface area (Å²) in [5, 5.41) is 8.50. The molecule has 0 amide bonds. The maximum Gasteiger partial charge on any atom is 0.306 e. The molecule has 1 aromatic rings. The summed E-state index contributed by atoms with van der Waals surface area (Å²) in [5.74, 6) is -3.28. The molecule has 0 fully saturated rings. The Balaban J connectivity index is 2.93. The molecule has 13 heavy (non-hydrogen) atoms. The molecule has 0 aromatic carbocycles. The minimum atomic E-state index is -3.28. The first kappa shape index (κ1) is 10.0. The molecule has 3 nitrogen and oxygen atoms in total. The van der Waals surface area contributed by atoms with E-state index >= 15 is 0 Å². The predicted molar refractivity (Wildman–Crippen MR) is 43.2 cm³/mol. The summed E-state index contributed by atoms with van der Waals surface area (Å²) in [6, 6.07) is 2.54. The van der Waals surface area contributed by atoms with Gasteiger partial charge in [0.2, 0.25) is 0 Å². The summed E-state index contributed by atoms with van der Waals surface area (Å²) in [6.45, 7) is -0.774. The molecule has 5 heteroatoms. The van der Waals surface area contributed by atoms with E-state index in [-0.39, 0.29) is 0 Å². The highest BCUT2D eigenvalue weighted by molar-refractivity contribution is 5.12. The van der Waals surface area contributed by atoms with Gasteiger partial charge in [0.1, 0.15) is 5.69 Å². The number of hydrogen-bond donors (Lipinski definition) is 2. The highest BCUT2D eigenvalue weighted by Crippen LogP contribution is 2.28. The SMILES string of the molecule is NC(CO)C(F)(F)c1ccccn1. The number of halogens is 2. The lowest BCUT2D eigenvalue weighted by Crippen LogP contribution is -2.42. The standard InChI is InChI=1S/C8H10F2N2O/c9-8(10,6(11)5-13)7-3-1-2-4-12-7/h1-4,6,13H,5,11H2. The van der Waals surface area contributed by atoms with Crippen molar-refractivity contribution >= 4 is 0 Å². The van der Waals surface area contributed by atoms with E-state index in [0.29, 0.717) is 0 Å².